The summed E-state index contributed by atoms with van der Waals surface area (Å²) in [6.07, 6.45) is 11.8. The number of piperidine rings is 1. The number of nitrogens with zero attached hydrogens (tertiary/aromatic N) is 7. The number of anilines is 1. The van der Waals surface area contributed by atoms with Crippen molar-refractivity contribution >= 4 is 33.4 Å². The highest BCUT2D eigenvalue weighted by molar-refractivity contribution is 6.04. The normalized spacial score (nSPS) is 25.6. The number of phenolic OH excluding ortho intramolecular Hbond substituents is 1. The summed E-state index contributed by atoms with van der Waals surface area (Å²) >= 11 is 0. The number of aromatic nitrogens is 3. The summed E-state index contributed by atoms with van der Waals surface area (Å²) in [5.41, 5.74) is -1.29. The van der Waals surface area contributed by atoms with E-state index >= 15 is 8.78 Å². The van der Waals surface area contributed by atoms with Crippen molar-refractivity contribution in [2.24, 2.45) is 22.7 Å². The van der Waals surface area contributed by atoms with Gasteiger partial charge in [0.1, 0.15) is 39.4 Å². The molecule has 4 aromatic rings. The van der Waals surface area contributed by atoms with Gasteiger partial charge >= 0.3 is 6.01 Å². The molecule has 6 fully saturated rings. The number of terminal acetylenes is 1. The number of methoxy groups -OCH3 is 1. The number of carbonyl (C=O) groups is 1. The summed E-state index contributed by atoms with van der Waals surface area (Å²) in [5, 5.41) is 21.4. The van der Waals surface area contributed by atoms with Crippen LogP contribution in [0.5, 0.6) is 17.6 Å². The number of carbonyl (C=O) groups excluding carboxylic acids is 1. The second-order valence-electron chi connectivity index (χ2n) is 16.4. The van der Waals surface area contributed by atoms with Crippen LogP contribution < -0.4 is 14.4 Å². The molecule has 4 unspecified atom stereocenters. The molecule has 10 rings (SSSR count). The number of likely N-dealkylation sites (tertiary alicyclic amines) is 1. The lowest BCUT2D eigenvalue weighted by Crippen LogP contribution is -2.57. The molecule has 1 N–H and O–H groups in total. The zero-order chi connectivity index (χ0) is 37.1. The number of benzene rings is 2. The van der Waals surface area contributed by atoms with E-state index in [-0.39, 0.29) is 74.2 Å². The highest BCUT2D eigenvalue weighted by Crippen LogP contribution is 2.52. The monoisotopic (exact) mass is 731 g/mol. The number of amides is 1. The molecule has 3 aliphatic heterocycles. The zero-order valence-corrected chi connectivity index (χ0v) is 29.9. The Hall–Kier alpha value is -5.27. The quantitative estimate of drug-likeness (QED) is 0.223. The van der Waals surface area contributed by atoms with Gasteiger partial charge in [-0.25, -0.2) is 13.8 Å². The van der Waals surface area contributed by atoms with Crippen LogP contribution in [0, 0.1) is 58.0 Å². The van der Waals surface area contributed by atoms with E-state index in [9.17, 15) is 15.2 Å². The fraction of sp³-hybridized carbons (Fsp3) is 0.488. The van der Waals surface area contributed by atoms with Crippen LogP contribution in [0.1, 0.15) is 50.5 Å². The van der Waals surface area contributed by atoms with E-state index in [0.717, 1.165) is 57.2 Å². The Morgan fingerprint density at radius 1 is 1.04 bits per heavy atom. The van der Waals surface area contributed by atoms with E-state index in [4.69, 9.17) is 20.9 Å². The smallest absolute Gasteiger partial charge is 0.319 e. The first-order chi connectivity index (χ1) is 26.1. The molecule has 2 aromatic carbocycles. The van der Waals surface area contributed by atoms with E-state index in [1.807, 2.05) is 9.80 Å². The van der Waals surface area contributed by atoms with Gasteiger partial charge < -0.3 is 29.3 Å². The van der Waals surface area contributed by atoms with Crippen molar-refractivity contribution in [3.05, 3.63) is 41.5 Å². The SMILES string of the molecule is C#Cc1c(F)ccc2cc(O)cc(-c3nc(OC)c4c(N5CC6CCC(C5)N6C(=O)C5(C#N)CC5)nc(OCC5(CN6CC7CC7C6)CC5)nc4c3F)c12. The van der Waals surface area contributed by atoms with Crippen LogP contribution in [-0.4, -0.2) is 94.3 Å². The molecule has 3 saturated heterocycles. The van der Waals surface area contributed by atoms with Gasteiger partial charge in [-0.1, -0.05) is 12.0 Å². The second kappa shape index (κ2) is 11.9. The Morgan fingerprint density at radius 3 is 2.43 bits per heavy atom. The van der Waals surface area contributed by atoms with Crippen molar-refractivity contribution in [2.45, 2.75) is 57.0 Å². The van der Waals surface area contributed by atoms with E-state index in [0.29, 0.717) is 43.7 Å². The lowest BCUT2D eigenvalue weighted by atomic mass is 9.95. The van der Waals surface area contributed by atoms with Crippen molar-refractivity contribution < 1.29 is 28.2 Å². The molecule has 6 aliphatic rings. The Labute approximate surface area is 310 Å². The first kappa shape index (κ1) is 33.3. The highest BCUT2D eigenvalue weighted by Gasteiger charge is 2.57. The first-order valence-corrected chi connectivity index (χ1v) is 18.8. The number of pyridine rings is 1. The fourth-order valence-electron chi connectivity index (χ4n) is 9.47. The number of hydrogen-bond acceptors (Lipinski definition) is 10. The molecule has 5 heterocycles. The van der Waals surface area contributed by atoms with Crippen LogP contribution in [0.4, 0.5) is 14.6 Å². The molecule has 0 spiro atoms. The largest absolute Gasteiger partial charge is 0.508 e. The molecule has 276 valence electrons. The van der Waals surface area contributed by atoms with Crippen molar-refractivity contribution in [3.8, 4) is 47.3 Å². The number of aromatic hydroxyl groups is 1. The lowest BCUT2D eigenvalue weighted by Gasteiger charge is -2.42. The predicted octanol–water partition coefficient (Wildman–Crippen LogP) is 5.41. The molecule has 54 heavy (non-hydrogen) atoms. The standard InChI is InChI=1S/C41H39F2N7O4/c1-3-28-30(42)7-4-22-13-27(51)14-29(31(22)28)34-33(43)35-32(37(45-34)53-2)36(49-17-25-5-6-26(18-49)50(25)38(52)41(19-44)10-11-41)47-39(46-35)54-21-40(8-9-40)20-48-15-23-12-24(23)16-48/h1,4,7,13-14,23-26,51H,5-6,8-12,15-18,20-21H2,2H3. The van der Waals surface area contributed by atoms with Gasteiger partial charge in [-0.2, -0.15) is 15.2 Å². The Morgan fingerprint density at radius 2 is 1.78 bits per heavy atom. The number of fused-ring (bicyclic) bond motifs is 5. The number of piperazine rings is 1. The maximum Gasteiger partial charge on any atom is 0.319 e. The van der Waals surface area contributed by atoms with Gasteiger partial charge in [0.25, 0.3) is 0 Å². The van der Waals surface area contributed by atoms with Gasteiger partial charge in [-0.15, -0.1) is 6.42 Å². The molecule has 0 radical (unpaired) electrons. The molecule has 3 saturated carbocycles. The topological polar surface area (TPSA) is 128 Å². The predicted molar refractivity (Wildman–Crippen MR) is 195 cm³/mol. The molecular weight excluding hydrogens is 692 g/mol. The molecule has 3 aliphatic carbocycles. The average molecular weight is 732 g/mol. The summed E-state index contributed by atoms with van der Waals surface area (Å²) in [6, 6.07) is 7.37. The highest BCUT2D eigenvalue weighted by atomic mass is 19.1. The van der Waals surface area contributed by atoms with Crippen molar-refractivity contribution in [2.75, 3.05) is 51.3 Å². The molecule has 1 amide bonds. The van der Waals surface area contributed by atoms with Crippen LogP contribution in [0.15, 0.2) is 24.3 Å². The van der Waals surface area contributed by atoms with Crippen LogP contribution in [0.3, 0.4) is 0 Å². The van der Waals surface area contributed by atoms with Gasteiger partial charge in [0, 0.05) is 61.2 Å². The number of rotatable bonds is 9. The van der Waals surface area contributed by atoms with Gasteiger partial charge in [0.2, 0.25) is 11.8 Å². The minimum atomic E-state index is -0.926. The third kappa shape index (κ3) is 5.23. The number of halogens is 2. The minimum absolute atomic E-state index is 0.00883. The number of ether oxygens (including phenoxy) is 2. The number of nitriles is 1. The average Bonchev–Trinajstić information content (AvgIpc) is 4.13. The van der Waals surface area contributed by atoms with Gasteiger partial charge in [0.05, 0.1) is 25.3 Å². The van der Waals surface area contributed by atoms with Gasteiger partial charge in [0.15, 0.2) is 5.82 Å². The van der Waals surface area contributed by atoms with E-state index in [2.05, 4.69) is 26.9 Å². The third-order valence-electron chi connectivity index (χ3n) is 12.8. The Kier molecular flexibility index (Phi) is 7.32. The minimum Gasteiger partial charge on any atom is -0.508 e. The van der Waals surface area contributed by atoms with E-state index in [1.165, 1.54) is 37.8 Å². The molecule has 2 bridgehead atoms. The van der Waals surface area contributed by atoms with Crippen molar-refractivity contribution in [1.82, 2.24) is 24.8 Å². The molecule has 4 atom stereocenters. The number of hydrogen-bond donors (Lipinski definition) is 1. The third-order valence-corrected chi connectivity index (χ3v) is 12.8. The maximum atomic E-state index is 17.3. The van der Waals surface area contributed by atoms with Crippen molar-refractivity contribution in [3.63, 3.8) is 0 Å². The van der Waals surface area contributed by atoms with Crippen LogP contribution >= 0.6 is 0 Å². The molecule has 11 nitrogen and oxygen atoms in total. The Balaban J connectivity index is 1.08. The van der Waals surface area contributed by atoms with Crippen LogP contribution in [0.25, 0.3) is 32.9 Å². The number of phenols is 1. The summed E-state index contributed by atoms with van der Waals surface area (Å²) in [4.78, 5) is 34.3. The Bertz CT molecular complexity index is 2340. The van der Waals surface area contributed by atoms with Gasteiger partial charge in [-0.05, 0) is 80.4 Å². The summed E-state index contributed by atoms with van der Waals surface area (Å²) < 4.78 is 44.6. The first-order valence-electron chi connectivity index (χ1n) is 18.8. The van der Waals surface area contributed by atoms with Gasteiger partial charge in [-0.3, -0.25) is 4.79 Å². The molecule has 13 heteroatoms. The van der Waals surface area contributed by atoms with E-state index < -0.39 is 17.0 Å². The van der Waals surface area contributed by atoms with Crippen molar-refractivity contribution in [1.29, 1.82) is 5.26 Å². The van der Waals surface area contributed by atoms with E-state index in [1.54, 1.807) is 0 Å². The zero-order valence-electron chi connectivity index (χ0n) is 29.9. The second-order valence-corrected chi connectivity index (χ2v) is 16.4. The van der Waals surface area contributed by atoms with Crippen LogP contribution in [0.2, 0.25) is 0 Å². The molecule has 2 aromatic heterocycles. The fourth-order valence-corrected chi connectivity index (χ4v) is 9.47. The maximum absolute atomic E-state index is 17.3. The summed E-state index contributed by atoms with van der Waals surface area (Å²) in [6.45, 7) is 4.40. The summed E-state index contributed by atoms with van der Waals surface area (Å²) in [5.74, 6) is 2.64. The lowest BCUT2D eigenvalue weighted by molar-refractivity contribution is -0.138. The molecular formula is C41H39F2N7O4. The van der Waals surface area contributed by atoms with Crippen LogP contribution in [-0.2, 0) is 4.79 Å². The summed E-state index contributed by atoms with van der Waals surface area (Å²) in [7, 11) is 1.42.